The highest BCUT2D eigenvalue weighted by Gasteiger charge is 2.17. The number of hydrogen-bond acceptors (Lipinski definition) is 4. The second-order valence-corrected chi connectivity index (χ2v) is 9.59. The van der Waals surface area contributed by atoms with Gasteiger partial charge in [-0.05, 0) is 36.9 Å². The van der Waals surface area contributed by atoms with E-state index >= 15 is 0 Å². The van der Waals surface area contributed by atoms with E-state index in [0.29, 0.717) is 6.54 Å². The Kier molecular flexibility index (Phi) is 8.06. The molecule has 4 rings (SSSR count). The minimum Gasteiger partial charge on any atom is -0.354 e. The Bertz CT molecular complexity index is 1210. The molecule has 0 bridgehead atoms. The Morgan fingerprint density at radius 1 is 1.00 bits per heavy atom. The number of nitrogens with zero attached hydrogens (tertiary/aromatic N) is 4. The monoisotopic (exact) mass is 475 g/mol. The Morgan fingerprint density at radius 3 is 2.38 bits per heavy atom. The number of amides is 1. The van der Waals surface area contributed by atoms with E-state index in [2.05, 4.69) is 27.4 Å². The van der Waals surface area contributed by atoms with Crippen LogP contribution >= 0.6 is 0 Å². The van der Waals surface area contributed by atoms with Gasteiger partial charge in [0.15, 0.2) is 0 Å². The van der Waals surface area contributed by atoms with Crippen molar-refractivity contribution < 1.29 is 9.00 Å². The minimum absolute atomic E-state index is 0.0377. The van der Waals surface area contributed by atoms with Crippen molar-refractivity contribution in [2.24, 2.45) is 0 Å². The zero-order valence-corrected chi connectivity index (χ0v) is 20.0. The summed E-state index contributed by atoms with van der Waals surface area (Å²) in [6, 6.07) is 23.9. The first-order chi connectivity index (χ1) is 16.6. The Labute approximate surface area is 202 Å². The Morgan fingerprint density at radius 2 is 1.68 bits per heavy atom. The fraction of sp³-hybridized carbons (Fsp3) is 0.231. The maximum Gasteiger partial charge on any atom is 0.232 e. The molecule has 4 aromatic rings. The highest BCUT2D eigenvalue weighted by atomic mass is 32.2. The van der Waals surface area contributed by atoms with Crippen molar-refractivity contribution in [3.63, 3.8) is 0 Å². The van der Waals surface area contributed by atoms with Gasteiger partial charge in [0.2, 0.25) is 5.91 Å². The van der Waals surface area contributed by atoms with Gasteiger partial charge in [0.1, 0.15) is 11.6 Å². The summed E-state index contributed by atoms with van der Waals surface area (Å²) < 4.78 is 16.6. The van der Waals surface area contributed by atoms with Gasteiger partial charge in [-0.3, -0.25) is 9.00 Å². The van der Waals surface area contributed by atoms with Crippen molar-refractivity contribution in [2.75, 3.05) is 25.9 Å². The zero-order chi connectivity index (χ0) is 23.8. The lowest BCUT2D eigenvalue weighted by Crippen LogP contribution is -2.35. The zero-order valence-electron chi connectivity index (χ0n) is 19.2. The third kappa shape index (κ3) is 6.30. The molecule has 0 aliphatic carbocycles. The van der Waals surface area contributed by atoms with Crippen molar-refractivity contribution in [1.82, 2.24) is 24.6 Å². The van der Waals surface area contributed by atoms with Crippen LogP contribution < -0.4 is 5.32 Å². The number of likely N-dealkylation sites (N-methyl/N-ethyl adjacent to an activating group) is 1. The van der Waals surface area contributed by atoms with Crippen LogP contribution in [-0.2, 0) is 27.9 Å². The van der Waals surface area contributed by atoms with Gasteiger partial charge in [-0.2, -0.15) is 5.10 Å². The van der Waals surface area contributed by atoms with E-state index in [-0.39, 0.29) is 17.4 Å². The molecule has 7 nitrogen and oxygen atoms in total. The standard InChI is InChI=1S/C26H29N5O2S/c1-29(19-22-10-4-2-5-11-22)17-14-27-25(32)21-34(33)20-23-18-28-31(24-12-6-3-7-13-24)26(23)30-15-8-9-16-30/h2-13,15-16,18H,14,17,19-21H2,1H3,(H,27,32)/t34-/m1/s1. The highest BCUT2D eigenvalue weighted by Crippen LogP contribution is 2.21. The predicted molar refractivity (Wildman–Crippen MR) is 135 cm³/mol. The van der Waals surface area contributed by atoms with E-state index in [9.17, 15) is 9.00 Å². The summed E-state index contributed by atoms with van der Waals surface area (Å²) in [7, 11) is 0.664. The molecule has 8 heteroatoms. The Balaban J connectivity index is 1.32. The van der Waals surface area contributed by atoms with Crippen LogP contribution in [-0.4, -0.2) is 55.3 Å². The fourth-order valence-corrected chi connectivity index (χ4v) is 4.82. The average Bonchev–Trinajstić information content (AvgIpc) is 3.50. The van der Waals surface area contributed by atoms with Crippen LogP contribution in [0, 0.1) is 0 Å². The summed E-state index contributed by atoms with van der Waals surface area (Å²) in [5, 5.41) is 7.42. The third-order valence-electron chi connectivity index (χ3n) is 5.39. The molecule has 0 aliphatic rings. The summed E-state index contributed by atoms with van der Waals surface area (Å²) in [5.41, 5.74) is 2.97. The molecule has 0 fully saturated rings. The second-order valence-electron chi connectivity index (χ2n) is 8.13. The first-order valence-corrected chi connectivity index (χ1v) is 12.7. The first-order valence-electron chi connectivity index (χ1n) is 11.2. The largest absolute Gasteiger partial charge is 0.354 e. The molecular formula is C26H29N5O2S. The predicted octanol–water partition coefficient (Wildman–Crippen LogP) is 3.16. The summed E-state index contributed by atoms with van der Waals surface area (Å²) in [5.74, 6) is 0.836. The van der Waals surface area contributed by atoms with Crippen LogP contribution in [0.1, 0.15) is 11.1 Å². The van der Waals surface area contributed by atoms with Crippen molar-refractivity contribution in [2.45, 2.75) is 12.3 Å². The number of benzene rings is 2. The molecule has 2 aromatic heterocycles. The van der Waals surface area contributed by atoms with E-state index < -0.39 is 10.8 Å². The van der Waals surface area contributed by atoms with Crippen LogP contribution in [0.5, 0.6) is 0 Å². The highest BCUT2D eigenvalue weighted by molar-refractivity contribution is 7.84. The summed E-state index contributed by atoms with van der Waals surface area (Å²) in [6.07, 6.45) is 5.60. The number of carbonyl (C=O) groups excluding carboxylic acids is 1. The molecule has 1 atom stereocenters. The molecule has 0 aliphatic heterocycles. The second kappa shape index (κ2) is 11.6. The molecule has 0 spiro atoms. The van der Waals surface area contributed by atoms with E-state index in [1.165, 1.54) is 5.56 Å². The van der Waals surface area contributed by atoms with Crippen LogP contribution in [0.25, 0.3) is 11.5 Å². The van der Waals surface area contributed by atoms with Crippen LogP contribution in [0.2, 0.25) is 0 Å². The number of hydrogen-bond donors (Lipinski definition) is 1. The third-order valence-corrected chi connectivity index (χ3v) is 6.60. The Hall–Kier alpha value is -3.49. The topological polar surface area (TPSA) is 72.2 Å². The van der Waals surface area contributed by atoms with Gasteiger partial charge in [0.25, 0.3) is 0 Å². The molecule has 0 saturated carbocycles. The smallest absolute Gasteiger partial charge is 0.232 e. The van der Waals surface area contributed by atoms with E-state index in [1.54, 1.807) is 6.20 Å². The van der Waals surface area contributed by atoms with Crippen LogP contribution in [0.3, 0.4) is 0 Å². The lowest BCUT2D eigenvalue weighted by atomic mass is 10.2. The number of nitrogens with one attached hydrogen (secondary N) is 1. The van der Waals surface area contributed by atoms with Gasteiger partial charge in [-0.25, -0.2) is 4.68 Å². The van der Waals surface area contributed by atoms with Crippen molar-refractivity contribution in [3.05, 3.63) is 103 Å². The number of carbonyl (C=O) groups is 1. The molecule has 2 aromatic carbocycles. The number of aromatic nitrogens is 3. The normalized spacial score (nSPS) is 12.1. The molecule has 2 heterocycles. The molecule has 1 N–H and O–H groups in total. The van der Waals surface area contributed by atoms with Crippen LogP contribution in [0.4, 0.5) is 0 Å². The maximum atomic E-state index is 12.8. The molecule has 0 saturated heterocycles. The lowest BCUT2D eigenvalue weighted by Gasteiger charge is -2.17. The van der Waals surface area contributed by atoms with E-state index in [4.69, 9.17) is 0 Å². The molecule has 0 radical (unpaired) electrons. The summed E-state index contributed by atoms with van der Waals surface area (Å²) >= 11 is 0. The van der Waals surface area contributed by atoms with Crippen molar-refractivity contribution in [1.29, 1.82) is 0 Å². The van der Waals surface area contributed by atoms with E-state index in [1.807, 2.05) is 89.4 Å². The van der Waals surface area contributed by atoms with Gasteiger partial charge in [0.05, 0.1) is 17.6 Å². The van der Waals surface area contributed by atoms with Crippen molar-refractivity contribution >= 4 is 16.7 Å². The quantitative estimate of drug-likeness (QED) is 0.362. The molecule has 176 valence electrons. The molecular weight excluding hydrogens is 446 g/mol. The summed E-state index contributed by atoms with van der Waals surface area (Å²) in [6.45, 7) is 2.05. The molecule has 34 heavy (non-hydrogen) atoms. The fourth-order valence-electron chi connectivity index (χ4n) is 3.77. The summed E-state index contributed by atoms with van der Waals surface area (Å²) in [4.78, 5) is 14.5. The minimum atomic E-state index is -1.35. The van der Waals surface area contributed by atoms with Gasteiger partial charge in [0, 0.05) is 48.4 Å². The average molecular weight is 476 g/mol. The van der Waals surface area contributed by atoms with Crippen LogP contribution in [0.15, 0.2) is 91.4 Å². The van der Waals surface area contributed by atoms with Gasteiger partial charge >= 0.3 is 0 Å². The number of para-hydroxylation sites is 1. The first kappa shape index (κ1) is 23.7. The van der Waals surface area contributed by atoms with E-state index in [0.717, 1.165) is 30.2 Å². The van der Waals surface area contributed by atoms with Gasteiger partial charge < -0.3 is 14.8 Å². The lowest BCUT2D eigenvalue weighted by molar-refractivity contribution is -0.118. The van der Waals surface area contributed by atoms with Crippen molar-refractivity contribution in [3.8, 4) is 11.5 Å². The van der Waals surface area contributed by atoms with Gasteiger partial charge in [-0.15, -0.1) is 0 Å². The molecule has 1 amide bonds. The SMILES string of the molecule is CN(CCNC(=O)C[S@](=O)Cc1cnn(-c2ccccc2)c1-n1cccc1)Cc1ccccc1. The number of rotatable bonds is 11. The maximum absolute atomic E-state index is 12.8. The van der Waals surface area contributed by atoms with Gasteiger partial charge in [-0.1, -0.05) is 48.5 Å². The molecule has 0 unspecified atom stereocenters.